The number of benzene rings is 1. The highest BCUT2D eigenvalue weighted by atomic mass is 19.1. The zero-order chi connectivity index (χ0) is 13.4. The Morgan fingerprint density at radius 2 is 2.28 bits per heavy atom. The molecule has 0 saturated carbocycles. The van der Waals surface area contributed by atoms with Crippen LogP contribution in [0, 0.1) is 17.1 Å². The van der Waals surface area contributed by atoms with Crippen molar-refractivity contribution in [2.45, 2.75) is 18.8 Å². The molecular weight excluding hydrogens is 231 g/mol. The average Bonchev–Trinajstić information content (AvgIpc) is 2.39. The number of carbonyl (C=O) groups excluding carboxylic acids is 1. The monoisotopic (exact) mass is 246 g/mol. The summed E-state index contributed by atoms with van der Waals surface area (Å²) in [6.45, 7) is 3.89. The van der Waals surface area contributed by atoms with Crippen molar-refractivity contribution in [1.29, 1.82) is 5.26 Å². The molecule has 1 atom stereocenters. The van der Waals surface area contributed by atoms with Gasteiger partial charge in [-0.05, 0) is 12.5 Å². The summed E-state index contributed by atoms with van der Waals surface area (Å²) in [4.78, 5) is 11.4. The van der Waals surface area contributed by atoms with E-state index in [0.717, 1.165) is 0 Å². The van der Waals surface area contributed by atoms with Crippen LogP contribution in [0.3, 0.4) is 0 Å². The molecule has 0 fully saturated rings. The van der Waals surface area contributed by atoms with Crippen molar-refractivity contribution < 1.29 is 9.18 Å². The van der Waals surface area contributed by atoms with E-state index < -0.39 is 11.7 Å². The normalized spacial score (nSPS) is 11.3. The Morgan fingerprint density at radius 3 is 2.89 bits per heavy atom. The lowest BCUT2D eigenvalue weighted by atomic mass is 9.95. The van der Waals surface area contributed by atoms with Gasteiger partial charge in [-0.1, -0.05) is 24.3 Å². The van der Waals surface area contributed by atoms with Gasteiger partial charge in [0.2, 0.25) is 5.91 Å². The topological polar surface area (TPSA) is 52.9 Å². The molecule has 4 heteroatoms. The molecule has 0 radical (unpaired) electrons. The Bertz CT molecular complexity index is 465. The molecule has 18 heavy (non-hydrogen) atoms. The molecule has 3 nitrogen and oxygen atoms in total. The first-order chi connectivity index (χ1) is 8.69. The Morgan fingerprint density at radius 1 is 1.56 bits per heavy atom. The molecule has 1 rings (SSSR count). The van der Waals surface area contributed by atoms with Crippen molar-refractivity contribution in [3.8, 4) is 6.07 Å². The Kier molecular flexibility index (Phi) is 5.59. The average molecular weight is 246 g/mol. The van der Waals surface area contributed by atoms with Crippen molar-refractivity contribution in [2.24, 2.45) is 0 Å². The van der Waals surface area contributed by atoms with E-state index in [-0.39, 0.29) is 12.3 Å². The van der Waals surface area contributed by atoms with Gasteiger partial charge in [0.1, 0.15) is 5.82 Å². The van der Waals surface area contributed by atoms with Crippen LogP contribution in [0.5, 0.6) is 0 Å². The van der Waals surface area contributed by atoms with Gasteiger partial charge in [0.15, 0.2) is 0 Å². The van der Waals surface area contributed by atoms with Crippen molar-refractivity contribution in [1.82, 2.24) is 5.32 Å². The van der Waals surface area contributed by atoms with E-state index in [9.17, 15) is 9.18 Å². The first kappa shape index (κ1) is 13.9. The fraction of sp³-hybridized carbons (Fsp3) is 0.286. The summed E-state index contributed by atoms with van der Waals surface area (Å²) in [6.07, 6.45) is 2.08. The van der Waals surface area contributed by atoms with E-state index >= 15 is 0 Å². The molecule has 0 aliphatic heterocycles. The lowest BCUT2D eigenvalue weighted by molar-refractivity contribution is -0.121. The highest BCUT2D eigenvalue weighted by Gasteiger charge is 2.15. The smallest absolute Gasteiger partial charge is 0.220 e. The first-order valence-corrected chi connectivity index (χ1v) is 5.70. The zero-order valence-electron chi connectivity index (χ0n) is 10.0. The Hall–Kier alpha value is -2.15. The maximum Gasteiger partial charge on any atom is 0.220 e. The summed E-state index contributed by atoms with van der Waals surface area (Å²) in [5.74, 6) is -1.16. The highest BCUT2D eigenvalue weighted by Crippen LogP contribution is 2.22. The standard InChI is InChI=1S/C14H15FN2O/c1-2-9-17-14(18)8-7-11(10-16)12-5-3-4-6-13(12)15/h2-6,11H,1,7-9H2,(H,17,18). The van der Waals surface area contributed by atoms with E-state index in [1.807, 2.05) is 6.07 Å². The minimum atomic E-state index is -0.597. The number of halogens is 1. The third-order valence-electron chi connectivity index (χ3n) is 2.54. The maximum absolute atomic E-state index is 13.5. The van der Waals surface area contributed by atoms with Gasteiger partial charge in [0, 0.05) is 18.5 Å². The molecule has 94 valence electrons. The molecule has 0 aromatic heterocycles. The number of rotatable bonds is 6. The first-order valence-electron chi connectivity index (χ1n) is 5.70. The van der Waals surface area contributed by atoms with Gasteiger partial charge in [0.25, 0.3) is 0 Å². The molecule has 0 aliphatic rings. The SMILES string of the molecule is C=CCNC(=O)CCC(C#N)c1ccccc1F. The lowest BCUT2D eigenvalue weighted by Gasteiger charge is -2.10. The van der Waals surface area contributed by atoms with E-state index in [4.69, 9.17) is 5.26 Å². The van der Waals surface area contributed by atoms with Crippen LogP contribution in [0.4, 0.5) is 4.39 Å². The second-order valence-electron chi connectivity index (χ2n) is 3.83. The van der Waals surface area contributed by atoms with Crippen molar-refractivity contribution in [3.63, 3.8) is 0 Å². The molecule has 0 heterocycles. The lowest BCUT2D eigenvalue weighted by Crippen LogP contribution is -2.23. The molecule has 1 amide bonds. The summed E-state index contributed by atoms with van der Waals surface area (Å²) in [7, 11) is 0. The largest absolute Gasteiger partial charge is 0.353 e. The van der Waals surface area contributed by atoms with Crippen LogP contribution < -0.4 is 5.32 Å². The summed E-state index contributed by atoms with van der Waals surface area (Å²) in [6, 6.07) is 8.18. The molecule has 0 spiro atoms. The van der Waals surface area contributed by atoms with Gasteiger partial charge in [-0.3, -0.25) is 4.79 Å². The van der Waals surface area contributed by atoms with Gasteiger partial charge in [-0.2, -0.15) is 5.26 Å². The van der Waals surface area contributed by atoms with Crippen LogP contribution in [0.25, 0.3) is 0 Å². The summed E-state index contributed by atoms with van der Waals surface area (Å²) in [5, 5.41) is 11.6. The third-order valence-corrected chi connectivity index (χ3v) is 2.54. The fourth-order valence-electron chi connectivity index (χ4n) is 1.60. The summed E-state index contributed by atoms with van der Waals surface area (Å²) >= 11 is 0. The second kappa shape index (κ2) is 7.23. The van der Waals surface area contributed by atoms with Gasteiger partial charge in [-0.15, -0.1) is 6.58 Å². The predicted octanol–water partition coefficient (Wildman–Crippen LogP) is 2.52. The molecule has 1 aromatic rings. The third kappa shape index (κ3) is 4.02. The number of nitrogens with one attached hydrogen (secondary N) is 1. The minimum absolute atomic E-state index is 0.161. The fourth-order valence-corrected chi connectivity index (χ4v) is 1.60. The number of hydrogen-bond donors (Lipinski definition) is 1. The van der Waals surface area contributed by atoms with E-state index in [1.165, 1.54) is 6.07 Å². The maximum atomic E-state index is 13.5. The number of hydrogen-bond acceptors (Lipinski definition) is 2. The Balaban J connectivity index is 2.59. The molecule has 0 saturated heterocycles. The molecule has 1 unspecified atom stereocenters. The van der Waals surface area contributed by atoms with E-state index in [1.54, 1.807) is 24.3 Å². The molecular formula is C14H15FN2O. The highest BCUT2D eigenvalue weighted by molar-refractivity contribution is 5.76. The van der Waals surface area contributed by atoms with Crippen LogP contribution in [-0.2, 0) is 4.79 Å². The quantitative estimate of drug-likeness (QED) is 0.784. The number of nitriles is 1. The number of carbonyl (C=O) groups is 1. The van der Waals surface area contributed by atoms with Crippen LogP contribution >= 0.6 is 0 Å². The molecule has 1 aromatic carbocycles. The van der Waals surface area contributed by atoms with Crippen LogP contribution in [-0.4, -0.2) is 12.5 Å². The molecule has 0 aliphatic carbocycles. The zero-order valence-corrected chi connectivity index (χ0v) is 10.0. The van der Waals surface area contributed by atoms with Gasteiger partial charge in [-0.25, -0.2) is 4.39 Å². The van der Waals surface area contributed by atoms with Crippen molar-refractivity contribution >= 4 is 5.91 Å². The second-order valence-corrected chi connectivity index (χ2v) is 3.83. The Labute approximate surface area is 106 Å². The van der Waals surface area contributed by atoms with E-state index in [0.29, 0.717) is 18.5 Å². The van der Waals surface area contributed by atoms with E-state index in [2.05, 4.69) is 11.9 Å². The van der Waals surface area contributed by atoms with Crippen LogP contribution in [0.2, 0.25) is 0 Å². The molecule has 0 bridgehead atoms. The van der Waals surface area contributed by atoms with Crippen molar-refractivity contribution in [2.75, 3.05) is 6.54 Å². The van der Waals surface area contributed by atoms with Crippen LogP contribution in [0.1, 0.15) is 24.3 Å². The van der Waals surface area contributed by atoms with Crippen LogP contribution in [0.15, 0.2) is 36.9 Å². The number of amides is 1. The summed E-state index contributed by atoms with van der Waals surface area (Å²) in [5.41, 5.74) is 0.344. The minimum Gasteiger partial charge on any atom is -0.353 e. The van der Waals surface area contributed by atoms with Gasteiger partial charge in [0.05, 0.1) is 12.0 Å². The number of nitrogens with zero attached hydrogens (tertiary/aromatic N) is 1. The van der Waals surface area contributed by atoms with Gasteiger partial charge >= 0.3 is 0 Å². The summed E-state index contributed by atoms with van der Waals surface area (Å²) < 4.78 is 13.5. The van der Waals surface area contributed by atoms with Crippen molar-refractivity contribution in [3.05, 3.63) is 48.3 Å². The van der Waals surface area contributed by atoms with Gasteiger partial charge < -0.3 is 5.32 Å². The molecule has 1 N–H and O–H groups in total. The predicted molar refractivity (Wildman–Crippen MR) is 67.2 cm³/mol.